The molecule has 69 heavy (non-hydrogen) atoms. The summed E-state index contributed by atoms with van der Waals surface area (Å²) in [6.45, 7) is 4.74. The van der Waals surface area contributed by atoms with Gasteiger partial charge >= 0.3 is 0 Å². The number of para-hydroxylation sites is 1. The van der Waals surface area contributed by atoms with E-state index in [2.05, 4.69) is 255 Å². The Morgan fingerprint density at radius 2 is 1.06 bits per heavy atom. The normalized spacial score (nSPS) is 13.7. The number of rotatable bonds is 8. The zero-order chi connectivity index (χ0) is 46.1. The number of allylic oxidation sites excluding steroid dienone is 4. The van der Waals surface area contributed by atoms with E-state index in [4.69, 9.17) is 4.42 Å². The zero-order valence-corrected chi connectivity index (χ0v) is 38.8. The number of benzene rings is 10. The molecule has 0 fully saturated rings. The Kier molecular flexibility index (Phi) is 9.69. The van der Waals surface area contributed by atoms with Crippen molar-refractivity contribution in [3.63, 3.8) is 0 Å². The second kappa shape index (κ2) is 16.4. The van der Waals surface area contributed by atoms with E-state index >= 15 is 0 Å². The van der Waals surface area contributed by atoms with Gasteiger partial charge in [-0.2, -0.15) is 0 Å². The van der Waals surface area contributed by atoms with Crippen molar-refractivity contribution in [1.29, 1.82) is 0 Å². The van der Waals surface area contributed by atoms with Gasteiger partial charge in [-0.1, -0.05) is 196 Å². The van der Waals surface area contributed by atoms with Crippen LogP contribution in [0.2, 0.25) is 0 Å². The summed E-state index contributed by atoms with van der Waals surface area (Å²) in [5, 5.41) is 4.61. The maximum absolute atomic E-state index is 6.63. The lowest BCUT2D eigenvalue weighted by atomic mass is 9.79. The van der Waals surface area contributed by atoms with Crippen molar-refractivity contribution in [2.24, 2.45) is 0 Å². The lowest BCUT2D eigenvalue weighted by Crippen LogP contribution is -2.16. The van der Waals surface area contributed by atoms with Crippen LogP contribution in [-0.4, -0.2) is 0 Å². The van der Waals surface area contributed by atoms with Crippen molar-refractivity contribution in [2.75, 3.05) is 4.90 Å². The van der Waals surface area contributed by atoms with Crippen LogP contribution in [-0.2, 0) is 5.41 Å². The fourth-order valence-electron chi connectivity index (χ4n) is 11.4. The number of furan rings is 1. The second-order valence-corrected chi connectivity index (χ2v) is 19.1. The fourth-order valence-corrected chi connectivity index (χ4v) is 11.4. The molecule has 0 saturated heterocycles. The number of fused-ring (bicyclic) bond motifs is 7. The summed E-state index contributed by atoms with van der Waals surface area (Å²) in [5.74, 6) is 0. The van der Waals surface area contributed by atoms with E-state index in [1.165, 1.54) is 77.5 Å². The average Bonchev–Trinajstić information content (AvgIpc) is 3.89. The first kappa shape index (κ1) is 40.8. The molecule has 0 atom stereocenters. The standard InChI is InChI=1S/C67H49NO/c1-67(2)61-28-13-11-23-55(61)58-27-15-25-54(66(58)67)47-33-38-52(39-34-47)68(51-36-31-44(32-37-51)50-35-40-53(45-17-5-3-6-18-45)59(41-50)46-19-7-4-8-20-46)62-29-14-12-24-56(62)57-26-16-30-63-65(57)60-42-48-21-9-10-22-49(48)43-64(60)69-63/h3-7,9-19,21-43H,8,20H2,1-2H3. The highest BCUT2D eigenvalue weighted by Gasteiger charge is 2.37. The smallest absolute Gasteiger partial charge is 0.136 e. The molecular formula is C67H49NO. The number of hydrogen-bond donors (Lipinski definition) is 0. The summed E-state index contributed by atoms with van der Waals surface area (Å²) < 4.78 is 6.63. The summed E-state index contributed by atoms with van der Waals surface area (Å²) in [6, 6.07) is 80.2. The van der Waals surface area contributed by atoms with Crippen molar-refractivity contribution in [1.82, 2.24) is 0 Å². The van der Waals surface area contributed by atoms with Crippen molar-refractivity contribution in [3.05, 3.63) is 253 Å². The third-order valence-electron chi connectivity index (χ3n) is 14.7. The molecule has 13 rings (SSSR count). The van der Waals surface area contributed by atoms with Crippen molar-refractivity contribution < 1.29 is 4.42 Å². The molecule has 0 radical (unpaired) electrons. The van der Waals surface area contributed by atoms with Crippen LogP contribution in [0.1, 0.15) is 43.4 Å². The Morgan fingerprint density at radius 3 is 1.84 bits per heavy atom. The maximum Gasteiger partial charge on any atom is 0.136 e. The maximum atomic E-state index is 6.63. The summed E-state index contributed by atoms with van der Waals surface area (Å²) in [4.78, 5) is 2.43. The van der Waals surface area contributed by atoms with Gasteiger partial charge in [-0.3, -0.25) is 0 Å². The van der Waals surface area contributed by atoms with Crippen molar-refractivity contribution in [3.8, 4) is 55.6 Å². The van der Waals surface area contributed by atoms with E-state index in [9.17, 15) is 0 Å². The lowest BCUT2D eigenvalue weighted by Gasteiger charge is -2.29. The van der Waals surface area contributed by atoms with Crippen LogP contribution in [0.3, 0.4) is 0 Å². The molecule has 1 heterocycles. The fraction of sp³-hybridized carbons (Fsp3) is 0.0746. The molecule has 2 nitrogen and oxygen atoms in total. The highest BCUT2D eigenvalue weighted by molar-refractivity contribution is 6.16. The molecule has 328 valence electrons. The van der Waals surface area contributed by atoms with Crippen LogP contribution in [0.15, 0.2) is 241 Å². The van der Waals surface area contributed by atoms with E-state index in [0.29, 0.717) is 0 Å². The zero-order valence-electron chi connectivity index (χ0n) is 38.8. The molecule has 2 aliphatic rings. The van der Waals surface area contributed by atoms with Crippen LogP contribution in [0.5, 0.6) is 0 Å². The third-order valence-corrected chi connectivity index (χ3v) is 14.7. The van der Waals surface area contributed by atoms with Crippen LogP contribution in [0.25, 0.3) is 93.9 Å². The Bertz CT molecular complexity index is 3850. The van der Waals surface area contributed by atoms with Gasteiger partial charge in [0, 0.05) is 33.1 Å². The van der Waals surface area contributed by atoms with E-state index in [0.717, 1.165) is 63.0 Å². The summed E-state index contributed by atoms with van der Waals surface area (Å²) in [5.41, 5.74) is 22.7. The second-order valence-electron chi connectivity index (χ2n) is 19.1. The Balaban J connectivity index is 0.956. The molecule has 0 N–H and O–H groups in total. The van der Waals surface area contributed by atoms with Crippen LogP contribution >= 0.6 is 0 Å². The predicted octanol–water partition coefficient (Wildman–Crippen LogP) is 18.9. The molecule has 0 aliphatic heterocycles. The lowest BCUT2D eigenvalue weighted by molar-refractivity contribution is 0.662. The monoisotopic (exact) mass is 883 g/mol. The van der Waals surface area contributed by atoms with Gasteiger partial charge in [-0.15, -0.1) is 0 Å². The third kappa shape index (κ3) is 6.86. The van der Waals surface area contributed by atoms with Gasteiger partial charge in [-0.25, -0.2) is 0 Å². The average molecular weight is 884 g/mol. The van der Waals surface area contributed by atoms with Gasteiger partial charge < -0.3 is 9.32 Å². The van der Waals surface area contributed by atoms with E-state index in [1.54, 1.807) is 0 Å². The summed E-state index contributed by atoms with van der Waals surface area (Å²) in [6.07, 6.45) is 8.84. The largest absolute Gasteiger partial charge is 0.456 e. The van der Waals surface area contributed by atoms with E-state index in [-0.39, 0.29) is 5.41 Å². The number of anilines is 3. The van der Waals surface area contributed by atoms with Gasteiger partial charge in [0.2, 0.25) is 0 Å². The van der Waals surface area contributed by atoms with Crippen LogP contribution < -0.4 is 4.90 Å². The van der Waals surface area contributed by atoms with Crippen LogP contribution in [0.4, 0.5) is 17.1 Å². The molecule has 0 unspecified atom stereocenters. The molecule has 0 spiro atoms. The van der Waals surface area contributed by atoms with Crippen LogP contribution in [0, 0.1) is 0 Å². The Labute approximate surface area is 403 Å². The van der Waals surface area contributed by atoms with Gasteiger partial charge in [0.25, 0.3) is 0 Å². The predicted molar refractivity (Wildman–Crippen MR) is 292 cm³/mol. The minimum absolute atomic E-state index is 0.120. The molecular weight excluding hydrogens is 835 g/mol. The Morgan fingerprint density at radius 1 is 0.435 bits per heavy atom. The number of hydrogen-bond acceptors (Lipinski definition) is 2. The van der Waals surface area contributed by atoms with Crippen molar-refractivity contribution in [2.45, 2.75) is 32.1 Å². The van der Waals surface area contributed by atoms with Gasteiger partial charge in [0.15, 0.2) is 0 Å². The van der Waals surface area contributed by atoms with Gasteiger partial charge in [-0.05, 0) is 151 Å². The molecule has 0 saturated carbocycles. The van der Waals surface area contributed by atoms with Gasteiger partial charge in [0.05, 0.1) is 5.69 Å². The highest BCUT2D eigenvalue weighted by atomic mass is 16.3. The van der Waals surface area contributed by atoms with E-state index in [1.807, 2.05) is 0 Å². The minimum Gasteiger partial charge on any atom is -0.456 e. The molecule has 2 heteroatoms. The molecule has 11 aromatic rings. The van der Waals surface area contributed by atoms with Crippen molar-refractivity contribution >= 4 is 55.3 Å². The quantitative estimate of drug-likeness (QED) is 0.151. The first-order valence-corrected chi connectivity index (χ1v) is 24.2. The van der Waals surface area contributed by atoms with Gasteiger partial charge in [0.1, 0.15) is 11.2 Å². The topological polar surface area (TPSA) is 16.4 Å². The Hall–Kier alpha value is -8.46. The van der Waals surface area contributed by atoms with E-state index < -0.39 is 0 Å². The first-order chi connectivity index (χ1) is 34.0. The highest BCUT2D eigenvalue weighted by Crippen LogP contribution is 2.53. The minimum atomic E-state index is -0.120. The molecule has 0 bridgehead atoms. The molecule has 2 aliphatic carbocycles. The number of nitrogens with zero attached hydrogens (tertiary/aromatic N) is 1. The molecule has 10 aromatic carbocycles. The first-order valence-electron chi connectivity index (χ1n) is 24.2. The summed E-state index contributed by atoms with van der Waals surface area (Å²) >= 11 is 0. The summed E-state index contributed by atoms with van der Waals surface area (Å²) in [7, 11) is 0. The molecule has 1 aromatic heterocycles. The SMILES string of the molecule is CC1(C)c2ccccc2-c2cccc(-c3ccc(N(c4ccc(-c5ccc(-c6ccccc6)c(C6=CC=CCC6)c5)cc4)c4ccccc4-c4cccc5oc6cc7ccccc7cc6c45)cc3)c21. The molecule has 0 amide bonds.